The van der Waals surface area contributed by atoms with Gasteiger partial charge in [0.2, 0.25) is 0 Å². The van der Waals surface area contributed by atoms with Crippen LogP contribution in [0.4, 0.5) is 68.2 Å². The highest BCUT2D eigenvalue weighted by molar-refractivity contribution is 7.00. The lowest BCUT2D eigenvalue weighted by Crippen LogP contribution is -2.61. The fraction of sp³-hybridized carbons (Fsp3) is 0.190. The maximum Gasteiger partial charge on any atom is 0.252 e. The largest absolute Gasteiger partial charge is 0.311 e. The van der Waals surface area contributed by atoms with Crippen LogP contribution in [0.1, 0.15) is 137 Å². The number of anilines is 12. The van der Waals surface area contributed by atoms with Gasteiger partial charge in [-0.3, -0.25) is 0 Å². The number of rotatable bonds is 13. The van der Waals surface area contributed by atoms with E-state index >= 15 is 0 Å². The Labute approximate surface area is 659 Å². The van der Waals surface area contributed by atoms with Crippen LogP contribution in [0.3, 0.4) is 0 Å². The Bertz CT molecular complexity index is 5750. The summed E-state index contributed by atoms with van der Waals surface area (Å²) in [5, 5.41) is 11.8. The first-order valence-electron chi connectivity index (χ1n) is 39.3. The van der Waals surface area contributed by atoms with E-state index in [1.54, 1.807) is 0 Å². The minimum absolute atomic E-state index is 0.0706. The monoisotopic (exact) mass is 1440 g/mol. The molecule has 0 radical (unpaired) electrons. The predicted molar refractivity (Wildman–Crippen MR) is 475 cm³/mol. The Morgan fingerprint density at radius 2 is 0.658 bits per heavy atom. The minimum Gasteiger partial charge on any atom is -0.311 e. The van der Waals surface area contributed by atoms with Gasteiger partial charge in [-0.1, -0.05) is 328 Å². The highest BCUT2D eigenvalue weighted by Crippen LogP contribution is 2.55. The molecule has 16 rings (SSSR count). The lowest BCUT2D eigenvalue weighted by atomic mass is 9.33. The summed E-state index contributed by atoms with van der Waals surface area (Å²) in [5.41, 5.74) is 32.7. The number of hydrogen-bond donors (Lipinski definition) is 0. The molecule has 0 aromatic heterocycles. The molecule has 5 nitrogen and oxygen atoms in total. The molecular formula is C105H98BN5. The van der Waals surface area contributed by atoms with E-state index in [9.17, 15) is 5.26 Å². The Hall–Kier alpha value is -12.2. The van der Waals surface area contributed by atoms with E-state index < -0.39 is 0 Å². The Balaban J connectivity index is 1.08. The van der Waals surface area contributed by atoms with Gasteiger partial charge < -0.3 is 19.6 Å². The van der Waals surface area contributed by atoms with Gasteiger partial charge in [0, 0.05) is 67.8 Å². The molecule has 2 aliphatic heterocycles. The lowest BCUT2D eigenvalue weighted by Gasteiger charge is -2.46. The molecule has 0 spiro atoms. The fourth-order valence-corrected chi connectivity index (χ4v) is 16.8. The van der Waals surface area contributed by atoms with Crippen molar-refractivity contribution in [3.05, 3.63) is 355 Å². The Morgan fingerprint density at radius 3 is 1.11 bits per heavy atom. The van der Waals surface area contributed by atoms with E-state index in [2.05, 4.69) is 451 Å². The van der Waals surface area contributed by atoms with E-state index in [1.807, 2.05) is 0 Å². The number of benzene rings is 14. The molecule has 0 unspecified atom stereocenters. The Kier molecular flexibility index (Phi) is 18.7. The molecule has 0 N–H and O–H groups in total. The van der Waals surface area contributed by atoms with Crippen molar-refractivity contribution in [3.63, 3.8) is 0 Å². The third kappa shape index (κ3) is 13.7. The van der Waals surface area contributed by atoms with Crippen molar-refractivity contribution in [1.82, 2.24) is 0 Å². The SMILES string of the molecule is CC(C)(C)c1ccc(N(c2ccc(C(C)(C)C)cc2)c2cc3c(cc2-c2ccccc2)B2c4ccc(-c5cc(N(c6ccccc6)c6ccccc6)c(C(C)(C)C)cc5C#N)cc4N(c4ccccc4-c4ccccc4)c4cc(-c5ccc(C(C)(C)C)cc5C(C)(C)C)cc(c42)N3c2ccccc2-c2ccccc2)cc1. The van der Waals surface area contributed by atoms with Crippen molar-refractivity contribution in [3.8, 4) is 61.7 Å². The molecule has 0 amide bonds. The van der Waals surface area contributed by atoms with Crippen LogP contribution in [-0.2, 0) is 27.1 Å². The van der Waals surface area contributed by atoms with Gasteiger partial charge >= 0.3 is 0 Å². The molecule has 14 aromatic carbocycles. The fourth-order valence-electron chi connectivity index (χ4n) is 16.8. The summed E-state index contributed by atoms with van der Waals surface area (Å²) in [7, 11) is 0. The first kappa shape index (κ1) is 73.0. The van der Waals surface area contributed by atoms with Crippen LogP contribution < -0.4 is 36.0 Å². The van der Waals surface area contributed by atoms with Gasteiger partial charge in [0.1, 0.15) is 0 Å². The smallest absolute Gasteiger partial charge is 0.252 e. The van der Waals surface area contributed by atoms with E-state index in [1.165, 1.54) is 38.7 Å². The zero-order chi connectivity index (χ0) is 77.5. The van der Waals surface area contributed by atoms with Crippen LogP contribution in [0.25, 0.3) is 55.6 Å². The Morgan fingerprint density at radius 1 is 0.261 bits per heavy atom. The van der Waals surface area contributed by atoms with E-state index in [-0.39, 0.29) is 33.8 Å². The topological polar surface area (TPSA) is 36.8 Å². The molecule has 6 heteroatoms. The predicted octanol–water partition coefficient (Wildman–Crippen LogP) is 27.4. The molecular weight excluding hydrogens is 1340 g/mol. The normalized spacial score (nSPS) is 12.8. The third-order valence-electron chi connectivity index (χ3n) is 22.6. The number of para-hydroxylation sites is 4. The molecule has 0 fully saturated rings. The van der Waals surface area contributed by atoms with Crippen molar-refractivity contribution in [2.24, 2.45) is 0 Å². The second-order valence-electron chi connectivity index (χ2n) is 35.3. The minimum atomic E-state index is -0.360. The molecule has 546 valence electrons. The van der Waals surface area contributed by atoms with Gasteiger partial charge in [-0.15, -0.1) is 0 Å². The molecule has 2 aliphatic rings. The summed E-state index contributed by atoms with van der Waals surface area (Å²) in [4.78, 5) is 10.1. The number of fused-ring (bicyclic) bond motifs is 4. The molecule has 2 heterocycles. The molecule has 14 aromatic rings. The van der Waals surface area contributed by atoms with Gasteiger partial charge in [0.15, 0.2) is 0 Å². The number of nitriles is 1. The van der Waals surface area contributed by atoms with Crippen LogP contribution >= 0.6 is 0 Å². The molecule has 0 aliphatic carbocycles. The van der Waals surface area contributed by atoms with Crippen molar-refractivity contribution < 1.29 is 0 Å². The second-order valence-corrected chi connectivity index (χ2v) is 35.3. The van der Waals surface area contributed by atoms with Gasteiger partial charge in [0.25, 0.3) is 6.71 Å². The highest BCUT2D eigenvalue weighted by atomic mass is 15.2. The second kappa shape index (κ2) is 28.4. The number of hydrogen-bond acceptors (Lipinski definition) is 5. The van der Waals surface area contributed by atoms with Crippen molar-refractivity contribution >= 4 is 91.3 Å². The molecule has 0 saturated heterocycles. The quantitative estimate of drug-likeness (QED) is 0.108. The van der Waals surface area contributed by atoms with E-state index in [0.717, 1.165) is 129 Å². The average molecular weight is 1440 g/mol. The van der Waals surface area contributed by atoms with Crippen molar-refractivity contribution in [2.45, 2.75) is 131 Å². The number of nitrogens with zero attached hydrogens (tertiary/aromatic N) is 5. The van der Waals surface area contributed by atoms with Crippen LogP contribution in [0.5, 0.6) is 0 Å². The van der Waals surface area contributed by atoms with Crippen molar-refractivity contribution in [2.75, 3.05) is 19.6 Å². The summed E-state index contributed by atoms with van der Waals surface area (Å²) in [5.74, 6) is 0. The van der Waals surface area contributed by atoms with E-state index in [0.29, 0.717) is 5.56 Å². The molecule has 0 saturated carbocycles. The first-order chi connectivity index (χ1) is 53.2. The summed E-state index contributed by atoms with van der Waals surface area (Å²) in [6, 6.07) is 123. The highest BCUT2D eigenvalue weighted by Gasteiger charge is 2.46. The van der Waals surface area contributed by atoms with Gasteiger partial charge in [-0.05, 0) is 202 Å². The van der Waals surface area contributed by atoms with E-state index in [4.69, 9.17) is 0 Å². The van der Waals surface area contributed by atoms with Crippen molar-refractivity contribution in [1.29, 1.82) is 5.26 Å². The zero-order valence-electron chi connectivity index (χ0n) is 66.9. The van der Waals surface area contributed by atoms with Crippen LogP contribution in [-0.4, -0.2) is 6.71 Å². The maximum atomic E-state index is 11.8. The first-order valence-corrected chi connectivity index (χ1v) is 39.3. The maximum absolute atomic E-state index is 11.8. The summed E-state index contributed by atoms with van der Waals surface area (Å²) >= 11 is 0. The zero-order valence-corrected chi connectivity index (χ0v) is 66.9. The van der Waals surface area contributed by atoms with Gasteiger partial charge in [-0.2, -0.15) is 5.26 Å². The molecule has 111 heavy (non-hydrogen) atoms. The lowest BCUT2D eigenvalue weighted by molar-refractivity contribution is 0.570. The van der Waals surface area contributed by atoms with Crippen LogP contribution in [0.2, 0.25) is 0 Å². The average Bonchev–Trinajstić information content (AvgIpc) is 0.686. The molecule has 0 atom stereocenters. The summed E-state index contributed by atoms with van der Waals surface area (Å²) in [6.45, 7) is 34.3. The summed E-state index contributed by atoms with van der Waals surface area (Å²) < 4.78 is 0. The van der Waals surface area contributed by atoms with Crippen LogP contribution in [0, 0.1) is 11.3 Å². The summed E-state index contributed by atoms with van der Waals surface area (Å²) in [6.07, 6.45) is 0. The standard InChI is InChI=1S/C105H98BN5/c1-101(2,3)76-50-55-81(56-51-76)108(82-57-52-77(53-58-82)102(4,5)6)94-68-97-91(66-87(94)72-39-25-18-26-40-72)106-90-60-49-73(86-67-95(89(105(13,14)15)61-75(86)69-107)109(79-41-27-19-28-42-79)80-43-29-20-30-44-80)62-96(90)110(92-47-33-31-45-84(92)70-35-21-16-22-36-70)98-63-74(83-59-54-78(103(7,8)9)65-88(83)104(10,11)12)64-99(100(98)106)111(97)93-48-34-32-46-85(93)71-37-23-17-24-38-71/h16-68H,1-15H3. The van der Waals surface area contributed by atoms with Gasteiger partial charge in [0.05, 0.1) is 34.4 Å². The van der Waals surface area contributed by atoms with Crippen LogP contribution in [0.15, 0.2) is 322 Å². The molecule has 0 bridgehead atoms. The van der Waals surface area contributed by atoms with Gasteiger partial charge in [-0.25, -0.2) is 0 Å². The third-order valence-corrected chi connectivity index (χ3v) is 22.6.